The smallest absolute Gasteiger partial charge is 0.411 e. The third-order valence-electron chi connectivity index (χ3n) is 5.50. The quantitative estimate of drug-likeness (QED) is 0.160. The van der Waals surface area contributed by atoms with Crippen LogP contribution in [0.1, 0.15) is 38.8 Å². The lowest BCUT2D eigenvalue weighted by Crippen LogP contribution is -2.20. The molecule has 10 nitrogen and oxygen atoms in total. The molecule has 2 aromatic carbocycles. The number of esters is 2. The van der Waals surface area contributed by atoms with Gasteiger partial charge in [-0.2, -0.15) is 0 Å². The summed E-state index contributed by atoms with van der Waals surface area (Å²) in [6.45, 7) is 13.8. The van der Waals surface area contributed by atoms with Gasteiger partial charge in [-0.05, 0) is 49.2 Å². The summed E-state index contributed by atoms with van der Waals surface area (Å²) >= 11 is 0. The highest BCUT2D eigenvalue weighted by molar-refractivity contribution is 5.87. The number of hydrogen-bond donors (Lipinski definition) is 2. The molecule has 0 bridgehead atoms. The molecule has 0 spiro atoms. The van der Waals surface area contributed by atoms with Crippen LogP contribution in [0.15, 0.2) is 72.8 Å². The van der Waals surface area contributed by atoms with Crippen molar-refractivity contribution in [2.75, 3.05) is 37.1 Å². The Balaban J connectivity index is 1.85. The topological polar surface area (TPSA) is 129 Å². The van der Waals surface area contributed by atoms with Crippen molar-refractivity contribution in [3.8, 4) is 0 Å². The first-order chi connectivity index (χ1) is 18.4. The van der Waals surface area contributed by atoms with Gasteiger partial charge >= 0.3 is 24.1 Å². The zero-order valence-electron chi connectivity index (χ0n) is 22.6. The van der Waals surface area contributed by atoms with E-state index in [0.29, 0.717) is 11.4 Å². The van der Waals surface area contributed by atoms with E-state index < -0.39 is 24.1 Å². The lowest BCUT2D eigenvalue weighted by atomic mass is 9.78. The van der Waals surface area contributed by atoms with Gasteiger partial charge in [-0.15, -0.1) is 0 Å². The number of carbonyl (C=O) groups excluding carboxylic acids is 4. The Kier molecular flexibility index (Phi) is 11.3. The lowest BCUT2D eigenvalue weighted by Gasteiger charge is -2.26. The maximum atomic E-state index is 12.0. The van der Waals surface area contributed by atoms with Crippen molar-refractivity contribution in [3.63, 3.8) is 0 Å². The van der Waals surface area contributed by atoms with E-state index in [2.05, 4.69) is 37.6 Å². The van der Waals surface area contributed by atoms with Crippen LogP contribution in [-0.2, 0) is 34.0 Å². The van der Waals surface area contributed by atoms with Crippen molar-refractivity contribution in [2.45, 2.75) is 33.1 Å². The van der Waals surface area contributed by atoms with E-state index in [9.17, 15) is 19.2 Å². The molecule has 208 valence electrons. The Morgan fingerprint density at radius 1 is 0.615 bits per heavy atom. The maximum Gasteiger partial charge on any atom is 0.411 e. The largest absolute Gasteiger partial charge is 0.459 e. The molecule has 0 saturated carbocycles. The standard InChI is InChI=1S/C29H34N2O8/c1-19(2)25(32)36-15-17-38-27(34)30-23-11-7-21(8-12-23)29(5,6)22-9-13-24(14-10-22)31-28(35)39-18-16-37-26(33)20(3)4/h7-14H,1,3,15-18H2,2,4-6H3,(H,30,34)(H,31,35). The summed E-state index contributed by atoms with van der Waals surface area (Å²) < 4.78 is 19.8. The van der Waals surface area contributed by atoms with Gasteiger partial charge in [0.2, 0.25) is 0 Å². The van der Waals surface area contributed by atoms with E-state index >= 15 is 0 Å². The Bertz CT molecular complexity index is 1110. The van der Waals surface area contributed by atoms with E-state index in [1.807, 2.05) is 24.3 Å². The van der Waals surface area contributed by atoms with Gasteiger partial charge in [0.25, 0.3) is 0 Å². The molecule has 0 aliphatic rings. The second kappa shape index (κ2) is 14.4. The Hall–Kier alpha value is -4.60. The van der Waals surface area contributed by atoms with Gasteiger partial charge in [0, 0.05) is 27.9 Å². The molecular weight excluding hydrogens is 504 g/mol. The van der Waals surface area contributed by atoms with E-state index in [4.69, 9.17) is 18.9 Å². The van der Waals surface area contributed by atoms with Crippen molar-refractivity contribution >= 4 is 35.5 Å². The fraction of sp³-hybridized carbons (Fsp3) is 0.310. The number of ether oxygens (including phenoxy) is 4. The van der Waals surface area contributed by atoms with Gasteiger partial charge in [-0.1, -0.05) is 51.3 Å². The summed E-state index contributed by atoms with van der Waals surface area (Å²) in [6, 6.07) is 14.6. The third-order valence-corrected chi connectivity index (χ3v) is 5.50. The molecule has 0 aliphatic carbocycles. The molecule has 0 saturated heterocycles. The molecular formula is C29H34N2O8. The van der Waals surface area contributed by atoms with Crippen LogP contribution in [0.4, 0.5) is 21.0 Å². The van der Waals surface area contributed by atoms with Crippen LogP contribution in [0, 0.1) is 0 Å². The molecule has 0 radical (unpaired) electrons. The number of rotatable bonds is 12. The number of nitrogens with one attached hydrogen (secondary N) is 2. The highest BCUT2D eigenvalue weighted by atomic mass is 16.6. The van der Waals surface area contributed by atoms with Gasteiger partial charge < -0.3 is 18.9 Å². The summed E-state index contributed by atoms with van der Waals surface area (Å²) in [5.41, 5.74) is 3.25. The monoisotopic (exact) mass is 538 g/mol. The zero-order chi connectivity index (χ0) is 29.0. The van der Waals surface area contributed by atoms with Crippen molar-refractivity contribution in [1.82, 2.24) is 0 Å². The minimum absolute atomic E-state index is 0.0608. The van der Waals surface area contributed by atoms with Crippen LogP contribution in [0.3, 0.4) is 0 Å². The molecule has 0 unspecified atom stereocenters. The summed E-state index contributed by atoms with van der Waals surface area (Å²) in [7, 11) is 0. The number of benzene rings is 2. The second-order valence-corrected chi connectivity index (χ2v) is 9.13. The average Bonchev–Trinajstić information content (AvgIpc) is 2.89. The number of amides is 2. The zero-order valence-corrected chi connectivity index (χ0v) is 22.6. The maximum absolute atomic E-state index is 12.0. The molecule has 2 aromatic rings. The van der Waals surface area contributed by atoms with Crippen LogP contribution in [0.2, 0.25) is 0 Å². The highest BCUT2D eigenvalue weighted by Crippen LogP contribution is 2.32. The van der Waals surface area contributed by atoms with E-state index in [-0.39, 0.29) is 43.0 Å². The second-order valence-electron chi connectivity index (χ2n) is 9.13. The Morgan fingerprint density at radius 3 is 1.23 bits per heavy atom. The third kappa shape index (κ3) is 9.99. The average molecular weight is 539 g/mol. The van der Waals surface area contributed by atoms with Crippen molar-refractivity contribution < 1.29 is 38.1 Å². The van der Waals surface area contributed by atoms with Gasteiger partial charge in [-0.3, -0.25) is 10.6 Å². The Labute approximate surface area is 228 Å². The van der Waals surface area contributed by atoms with Crippen LogP contribution >= 0.6 is 0 Å². The normalized spacial score (nSPS) is 10.6. The minimum Gasteiger partial charge on any atom is -0.459 e. The molecule has 0 aromatic heterocycles. The van der Waals surface area contributed by atoms with Crippen LogP contribution in [0.5, 0.6) is 0 Å². The molecule has 2 N–H and O–H groups in total. The van der Waals surface area contributed by atoms with Gasteiger partial charge in [0.05, 0.1) is 0 Å². The summed E-state index contributed by atoms with van der Waals surface area (Å²) in [5, 5.41) is 5.25. The SMILES string of the molecule is C=C(C)C(=O)OCCOC(=O)Nc1ccc(C(C)(C)c2ccc(NC(=O)OCCOC(=O)C(=C)C)cc2)cc1. The summed E-state index contributed by atoms with van der Waals surface area (Å²) in [5.74, 6) is -1.08. The minimum atomic E-state index is -0.664. The molecule has 2 rings (SSSR count). The molecule has 0 fully saturated rings. The van der Waals surface area contributed by atoms with Gasteiger partial charge in [0.1, 0.15) is 26.4 Å². The van der Waals surface area contributed by atoms with Crippen molar-refractivity contribution in [2.24, 2.45) is 0 Å². The van der Waals surface area contributed by atoms with Crippen molar-refractivity contribution in [1.29, 1.82) is 0 Å². The van der Waals surface area contributed by atoms with Crippen molar-refractivity contribution in [3.05, 3.63) is 84.0 Å². The predicted molar refractivity (Wildman–Crippen MR) is 146 cm³/mol. The first kappa shape index (κ1) is 30.6. The molecule has 39 heavy (non-hydrogen) atoms. The molecule has 0 aliphatic heterocycles. The molecule has 2 amide bonds. The first-order valence-corrected chi connectivity index (χ1v) is 12.1. The van der Waals surface area contributed by atoms with Gasteiger partial charge in [0.15, 0.2) is 0 Å². The molecule has 0 atom stereocenters. The number of carbonyl (C=O) groups is 4. The van der Waals surface area contributed by atoms with E-state index in [1.165, 1.54) is 13.8 Å². The number of anilines is 2. The highest BCUT2D eigenvalue weighted by Gasteiger charge is 2.23. The lowest BCUT2D eigenvalue weighted by molar-refractivity contribution is -0.140. The number of hydrogen-bond acceptors (Lipinski definition) is 8. The van der Waals surface area contributed by atoms with E-state index in [1.54, 1.807) is 24.3 Å². The predicted octanol–water partition coefficient (Wildman–Crippen LogP) is 5.35. The molecule has 10 heteroatoms. The molecule has 0 heterocycles. The Morgan fingerprint density at radius 2 is 0.923 bits per heavy atom. The summed E-state index contributed by atoms with van der Waals surface area (Å²) in [4.78, 5) is 46.6. The first-order valence-electron chi connectivity index (χ1n) is 12.1. The van der Waals surface area contributed by atoms with Crippen LogP contribution in [0.25, 0.3) is 0 Å². The summed E-state index contributed by atoms with van der Waals surface area (Å²) in [6.07, 6.45) is -1.33. The van der Waals surface area contributed by atoms with E-state index in [0.717, 1.165) is 11.1 Å². The fourth-order valence-electron chi connectivity index (χ4n) is 3.20. The van der Waals surface area contributed by atoms with Crippen LogP contribution in [-0.4, -0.2) is 50.6 Å². The van der Waals surface area contributed by atoms with Gasteiger partial charge in [-0.25, -0.2) is 19.2 Å². The van der Waals surface area contributed by atoms with Crippen LogP contribution < -0.4 is 10.6 Å². The fourth-order valence-corrected chi connectivity index (χ4v) is 3.20.